The Balaban J connectivity index is 3.90. The van der Waals surface area contributed by atoms with Crippen LogP contribution in [0.15, 0.2) is 0 Å². The summed E-state index contributed by atoms with van der Waals surface area (Å²) in [5.74, 6) is 0.621. The molecule has 0 saturated carbocycles. The summed E-state index contributed by atoms with van der Waals surface area (Å²) in [5, 5.41) is 2.87. The molecule has 2 nitrogen and oxygen atoms in total. The first-order valence-electron chi connectivity index (χ1n) is 5.23. The van der Waals surface area contributed by atoms with Crippen LogP contribution in [-0.4, -0.2) is 23.5 Å². The number of hydrogen-bond donors (Lipinski definition) is 1. The molecule has 3 heteroatoms. The minimum atomic E-state index is 0.0687. The smallest absolute Gasteiger partial charge is 0.216 e. The number of amides is 1. The molecule has 0 aliphatic heterocycles. The zero-order valence-corrected chi connectivity index (χ0v) is 10.8. The summed E-state index contributed by atoms with van der Waals surface area (Å²) in [5.41, 5.74) is 0. The molecule has 0 heterocycles. The molecule has 1 N–H and O–H groups in total. The molecule has 2 atom stereocenters. The van der Waals surface area contributed by atoms with Crippen molar-refractivity contribution in [2.45, 2.75) is 45.3 Å². The highest BCUT2D eigenvalue weighted by molar-refractivity contribution is 7.99. The normalized spacial score (nSPS) is 17.2. The molecule has 0 aliphatic carbocycles. The van der Waals surface area contributed by atoms with Crippen molar-refractivity contribution in [1.82, 2.24) is 5.32 Å². The van der Waals surface area contributed by atoms with E-state index in [0.717, 1.165) is 13.0 Å². The quantitative estimate of drug-likeness (QED) is 0.741. The summed E-state index contributed by atoms with van der Waals surface area (Å²) >= 11 is 1.92. The highest BCUT2D eigenvalue weighted by atomic mass is 32.2. The largest absolute Gasteiger partial charge is 0.356 e. The second-order valence-corrected chi connectivity index (χ2v) is 5.65. The zero-order chi connectivity index (χ0) is 11.2. The van der Waals surface area contributed by atoms with Gasteiger partial charge in [-0.3, -0.25) is 4.79 Å². The summed E-state index contributed by atoms with van der Waals surface area (Å²) in [4.78, 5) is 10.7. The molecule has 0 bridgehead atoms. The van der Waals surface area contributed by atoms with E-state index < -0.39 is 0 Å². The molecule has 84 valence electrons. The maximum atomic E-state index is 10.7. The molecule has 0 rings (SSSR count). The summed E-state index contributed by atoms with van der Waals surface area (Å²) in [6.45, 7) is 9.08. The summed E-state index contributed by atoms with van der Waals surface area (Å²) in [6, 6.07) is 0. The average molecular weight is 217 g/mol. The van der Waals surface area contributed by atoms with Crippen molar-refractivity contribution < 1.29 is 4.79 Å². The van der Waals surface area contributed by atoms with Gasteiger partial charge in [0.1, 0.15) is 0 Å². The number of carbonyl (C=O) groups excluding carboxylic acids is 1. The van der Waals surface area contributed by atoms with Crippen LogP contribution in [0.5, 0.6) is 0 Å². The third-order valence-electron chi connectivity index (χ3n) is 2.72. The molecule has 0 aromatic rings. The Morgan fingerprint density at radius 3 is 2.50 bits per heavy atom. The van der Waals surface area contributed by atoms with E-state index in [4.69, 9.17) is 0 Å². The van der Waals surface area contributed by atoms with Gasteiger partial charge in [0.15, 0.2) is 0 Å². The molecule has 0 fully saturated rings. The SMILES string of the molecule is CCC(C)(CC(C)CNC(C)=O)SC. The lowest BCUT2D eigenvalue weighted by Gasteiger charge is -2.29. The van der Waals surface area contributed by atoms with E-state index in [1.807, 2.05) is 11.8 Å². The number of nitrogens with one attached hydrogen (secondary N) is 1. The van der Waals surface area contributed by atoms with Gasteiger partial charge in [0, 0.05) is 18.2 Å². The molecule has 0 saturated heterocycles. The molecule has 0 spiro atoms. The molecule has 1 amide bonds. The standard InChI is InChI=1S/C11H23NOS/c1-6-11(4,14-5)7-9(2)8-12-10(3)13/h9H,6-8H2,1-5H3,(H,12,13). The highest BCUT2D eigenvalue weighted by Crippen LogP contribution is 2.32. The fourth-order valence-electron chi connectivity index (χ4n) is 1.50. The number of hydrogen-bond acceptors (Lipinski definition) is 2. The van der Waals surface area contributed by atoms with Gasteiger partial charge in [0.25, 0.3) is 0 Å². The first kappa shape index (κ1) is 13.8. The molecule has 0 aromatic heterocycles. The predicted molar refractivity (Wildman–Crippen MR) is 64.7 cm³/mol. The van der Waals surface area contributed by atoms with E-state index in [2.05, 4.69) is 32.3 Å². The lowest BCUT2D eigenvalue weighted by Crippen LogP contribution is -2.30. The summed E-state index contributed by atoms with van der Waals surface area (Å²) in [7, 11) is 0. The number of carbonyl (C=O) groups is 1. The molecule has 0 aliphatic rings. The van der Waals surface area contributed by atoms with Crippen molar-refractivity contribution in [3.63, 3.8) is 0 Å². The van der Waals surface area contributed by atoms with Crippen LogP contribution in [0.3, 0.4) is 0 Å². The van der Waals surface area contributed by atoms with Crippen molar-refractivity contribution in [3.8, 4) is 0 Å². The Labute approximate surface area is 92.2 Å². The fraction of sp³-hybridized carbons (Fsp3) is 0.909. The van der Waals surface area contributed by atoms with Crippen LogP contribution in [0.1, 0.15) is 40.5 Å². The highest BCUT2D eigenvalue weighted by Gasteiger charge is 2.23. The van der Waals surface area contributed by atoms with Crippen LogP contribution in [0, 0.1) is 5.92 Å². The third kappa shape index (κ3) is 5.53. The van der Waals surface area contributed by atoms with E-state index in [1.54, 1.807) is 6.92 Å². The summed E-state index contributed by atoms with van der Waals surface area (Å²) in [6.07, 6.45) is 4.50. The van der Waals surface area contributed by atoms with E-state index in [9.17, 15) is 4.79 Å². The number of rotatable bonds is 6. The topological polar surface area (TPSA) is 29.1 Å². The molecule has 0 aromatic carbocycles. The van der Waals surface area contributed by atoms with Crippen LogP contribution in [0.2, 0.25) is 0 Å². The third-order valence-corrected chi connectivity index (χ3v) is 4.16. The van der Waals surface area contributed by atoms with Crippen LogP contribution >= 0.6 is 11.8 Å². The maximum Gasteiger partial charge on any atom is 0.216 e. The van der Waals surface area contributed by atoms with E-state index >= 15 is 0 Å². The van der Waals surface area contributed by atoms with Gasteiger partial charge < -0.3 is 5.32 Å². The molecular weight excluding hydrogens is 194 g/mol. The Hall–Kier alpha value is -0.180. The van der Waals surface area contributed by atoms with Gasteiger partial charge in [0.05, 0.1) is 0 Å². The minimum absolute atomic E-state index is 0.0687. The van der Waals surface area contributed by atoms with Crippen LogP contribution in [-0.2, 0) is 4.79 Å². The second kappa shape index (κ2) is 6.33. The van der Waals surface area contributed by atoms with Gasteiger partial charge in [-0.25, -0.2) is 0 Å². The van der Waals surface area contributed by atoms with Gasteiger partial charge in [0.2, 0.25) is 5.91 Å². The fourth-order valence-corrected chi connectivity index (χ4v) is 2.24. The van der Waals surface area contributed by atoms with Crippen molar-refractivity contribution >= 4 is 17.7 Å². The van der Waals surface area contributed by atoms with Gasteiger partial charge >= 0.3 is 0 Å². The van der Waals surface area contributed by atoms with Gasteiger partial charge in [-0.15, -0.1) is 0 Å². The van der Waals surface area contributed by atoms with E-state index in [-0.39, 0.29) is 5.91 Å². The molecule has 0 radical (unpaired) electrons. The monoisotopic (exact) mass is 217 g/mol. The Morgan fingerprint density at radius 2 is 2.14 bits per heavy atom. The van der Waals surface area contributed by atoms with Crippen LogP contribution in [0.25, 0.3) is 0 Å². The van der Waals surface area contributed by atoms with Crippen molar-refractivity contribution in [2.75, 3.05) is 12.8 Å². The number of thioether (sulfide) groups is 1. The van der Waals surface area contributed by atoms with E-state index in [1.165, 1.54) is 6.42 Å². The van der Waals surface area contributed by atoms with Crippen molar-refractivity contribution in [3.05, 3.63) is 0 Å². The maximum absolute atomic E-state index is 10.7. The second-order valence-electron chi connectivity index (χ2n) is 4.25. The zero-order valence-electron chi connectivity index (χ0n) is 10.0. The molecule has 14 heavy (non-hydrogen) atoms. The van der Waals surface area contributed by atoms with E-state index in [0.29, 0.717) is 10.7 Å². The van der Waals surface area contributed by atoms with Crippen LogP contribution < -0.4 is 5.32 Å². The summed E-state index contributed by atoms with van der Waals surface area (Å²) < 4.78 is 0.359. The molecule has 2 unspecified atom stereocenters. The Morgan fingerprint density at radius 1 is 1.57 bits per heavy atom. The molecular formula is C11H23NOS. The Bertz CT molecular complexity index is 178. The van der Waals surface area contributed by atoms with Crippen molar-refractivity contribution in [1.29, 1.82) is 0 Å². The van der Waals surface area contributed by atoms with Gasteiger partial charge in [-0.2, -0.15) is 11.8 Å². The van der Waals surface area contributed by atoms with Gasteiger partial charge in [-0.1, -0.05) is 20.8 Å². The van der Waals surface area contributed by atoms with Gasteiger partial charge in [-0.05, 0) is 25.0 Å². The first-order valence-corrected chi connectivity index (χ1v) is 6.45. The first-order chi connectivity index (χ1) is 6.43. The van der Waals surface area contributed by atoms with Crippen LogP contribution in [0.4, 0.5) is 0 Å². The lowest BCUT2D eigenvalue weighted by molar-refractivity contribution is -0.119. The lowest BCUT2D eigenvalue weighted by atomic mass is 9.94. The Kier molecular flexibility index (Phi) is 6.25. The predicted octanol–water partition coefficient (Wildman–Crippen LogP) is 2.68. The average Bonchev–Trinajstić information content (AvgIpc) is 2.14. The van der Waals surface area contributed by atoms with Crippen molar-refractivity contribution in [2.24, 2.45) is 5.92 Å². The minimum Gasteiger partial charge on any atom is -0.356 e.